The fourth-order valence-corrected chi connectivity index (χ4v) is 5.99. The van der Waals surface area contributed by atoms with Crippen molar-refractivity contribution in [3.8, 4) is 0 Å². The summed E-state index contributed by atoms with van der Waals surface area (Å²) in [5, 5.41) is 23.5. The molecule has 0 aromatic heterocycles. The second-order valence-electron chi connectivity index (χ2n) is 14.4. The minimum absolute atomic E-state index is 0.0398. The molecule has 0 spiro atoms. The monoisotopic (exact) mass is 740 g/mol. The quantitative estimate of drug-likeness (QED) is 0.0335. The van der Waals surface area contributed by atoms with Gasteiger partial charge >= 0.3 is 5.97 Å². The number of hydrogen-bond acceptors (Lipinski definition) is 5. The highest BCUT2D eigenvalue weighted by atomic mass is 16.5. The van der Waals surface area contributed by atoms with Crippen LogP contribution in [0.1, 0.15) is 188 Å². The van der Waals surface area contributed by atoms with Gasteiger partial charge in [-0.3, -0.25) is 9.59 Å². The standard InChI is InChI=1S/C47H81NO5/c1-4-7-10-13-16-19-20-21-22-23-24-25-26-28-31-34-37-40-47(52)53-43(38-35-32-29-18-15-12-9-6-3)41-46(51)48-44(42-49)45(50)39-36-33-30-27-17-14-11-8-5-2/h7,10,12,15-16,19,21-22,24-25,28,31,43-45,49-50H,4-6,8-9,11,13-14,17-18,20,23,26-27,29-30,32-42H2,1-3H3,(H,48,51)/b10-7-,15-12-,19-16-,22-21-,25-24-,31-28-. The van der Waals surface area contributed by atoms with Gasteiger partial charge in [-0.15, -0.1) is 0 Å². The Morgan fingerprint density at radius 3 is 1.64 bits per heavy atom. The van der Waals surface area contributed by atoms with E-state index in [1.54, 1.807) is 0 Å². The second kappa shape index (κ2) is 40.5. The molecule has 0 fully saturated rings. The van der Waals surface area contributed by atoms with Gasteiger partial charge in [0.25, 0.3) is 0 Å². The average Bonchev–Trinajstić information content (AvgIpc) is 3.15. The lowest BCUT2D eigenvalue weighted by Crippen LogP contribution is -2.46. The van der Waals surface area contributed by atoms with Gasteiger partial charge in [0.05, 0.1) is 25.2 Å². The van der Waals surface area contributed by atoms with Gasteiger partial charge in [0.2, 0.25) is 5.91 Å². The third-order valence-corrected chi connectivity index (χ3v) is 9.25. The molecule has 0 aliphatic carbocycles. The molecule has 6 nitrogen and oxygen atoms in total. The largest absolute Gasteiger partial charge is 0.462 e. The summed E-state index contributed by atoms with van der Waals surface area (Å²) in [4.78, 5) is 25.8. The van der Waals surface area contributed by atoms with Crippen molar-refractivity contribution in [2.45, 2.75) is 206 Å². The Balaban J connectivity index is 4.62. The third-order valence-electron chi connectivity index (χ3n) is 9.25. The second-order valence-corrected chi connectivity index (χ2v) is 14.4. The van der Waals surface area contributed by atoms with Crippen LogP contribution in [0.4, 0.5) is 0 Å². The fourth-order valence-electron chi connectivity index (χ4n) is 5.99. The number of aliphatic hydroxyl groups is 2. The summed E-state index contributed by atoms with van der Waals surface area (Å²) in [6.45, 7) is 6.23. The Morgan fingerprint density at radius 2 is 1.06 bits per heavy atom. The topological polar surface area (TPSA) is 95.9 Å². The molecule has 1 amide bonds. The van der Waals surface area contributed by atoms with E-state index in [0.717, 1.165) is 96.3 Å². The summed E-state index contributed by atoms with van der Waals surface area (Å²) < 4.78 is 5.83. The number of hydrogen-bond donors (Lipinski definition) is 3. The summed E-state index contributed by atoms with van der Waals surface area (Å²) in [5.41, 5.74) is 0. The van der Waals surface area contributed by atoms with Crippen molar-refractivity contribution >= 4 is 11.9 Å². The lowest BCUT2D eigenvalue weighted by Gasteiger charge is -2.24. The summed E-state index contributed by atoms with van der Waals surface area (Å²) in [6.07, 6.45) is 49.8. The van der Waals surface area contributed by atoms with Gasteiger partial charge < -0.3 is 20.3 Å². The number of esters is 1. The maximum absolute atomic E-state index is 13.0. The number of carbonyl (C=O) groups is 2. The summed E-state index contributed by atoms with van der Waals surface area (Å²) >= 11 is 0. The van der Waals surface area contributed by atoms with Crippen molar-refractivity contribution in [2.75, 3.05) is 6.61 Å². The molecule has 0 rings (SSSR count). The normalized spacial score (nSPS) is 14.1. The number of unbranched alkanes of at least 4 members (excludes halogenated alkanes) is 13. The van der Waals surface area contributed by atoms with E-state index in [4.69, 9.17) is 4.74 Å². The van der Waals surface area contributed by atoms with Crippen LogP contribution in [0.3, 0.4) is 0 Å². The van der Waals surface area contributed by atoms with Crippen LogP contribution in [0.25, 0.3) is 0 Å². The molecule has 0 radical (unpaired) electrons. The first-order valence-corrected chi connectivity index (χ1v) is 21.7. The molecule has 3 atom stereocenters. The Hall–Kier alpha value is -2.70. The zero-order valence-electron chi connectivity index (χ0n) is 34.4. The third kappa shape index (κ3) is 36.1. The summed E-state index contributed by atoms with van der Waals surface area (Å²) in [7, 11) is 0. The molecule has 0 aliphatic heterocycles. The molecule has 3 N–H and O–H groups in total. The number of carbonyl (C=O) groups excluding carboxylic acids is 2. The van der Waals surface area contributed by atoms with Crippen LogP contribution < -0.4 is 5.32 Å². The van der Waals surface area contributed by atoms with Crippen LogP contribution in [-0.2, 0) is 14.3 Å². The molecular weight excluding hydrogens is 659 g/mol. The molecule has 53 heavy (non-hydrogen) atoms. The molecule has 0 saturated carbocycles. The molecule has 6 heteroatoms. The zero-order chi connectivity index (χ0) is 38.9. The minimum atomic E-state index is -0.800. The first kappa shape index (κ1) is 50.3. The molecule has 3 unspecified atom stereocenters. The van der Waals surface area contributed by atoms with Crippen molar-refractivity contribution in [3.63, 3.8) is 0 Å². The molecule has 0 saturated heterocycles. The molecule has 0 bridgehead atoms. The van der Waals surface area contributed by atoms with Crippen molar-refractivity contribution in [2.24, 2.45) is 0 Å². The van der Waals surface area contributed by atoms with Crippen molar-refractivity contribution < 1.29 is 24.5 Å². The first-order chi connectivity index (χ1) is 26.0. The predicted molar refractivity (Wildman–Crippen MR) is 227 cm³/mol. The molecule has 0 heterocycles. The maximum Gasteiger partial charge on any atom is 0.306 e. The molecule has 304 valence electrons. The minimum Gasteiger partial charge on any atom is -0.462 e. The van der Waals surface area contributed by atoms with Crippen molar-refractivity contribution in [3.05, 3.63) is 72.9 Å². The zero-order valence-corrected chi connectivity index (χ0v) is 34.4. The number of rotatable bonds is 37. The Morgan fingerprint density at radius 1 is 0.566 bits per heavy atom. The van der Waals surface area contributed by atoms with E-state index in [0.29, 0.717) is 25.7 Å². The SMILES string of the molecule is CC/C=C\C/C=C\C/C=C\C/C=C\C/C=C\CCCC(=O)OC(CCCCC/C=C\CCC)CC(=O)NC(CO)C(O)CCCCCCCCCCC. The number of allylic oxidation sites excluding steroid dienone is 12. The smallest absolute Gasteiger partial charge is 0.306 e. The maximum atomic E-state index is 13.0. The van der Waals surface area contributed by atoms with E-state index < -0.39 is 18.2 Å². The number of aliphatic hydroxyl groups excluding tert-OH is 2. The Kier molecular flexibility index (Phi) is 38.4. The predicted octanol–water partition coefficient (Wildman–Crippen LogP) is 12.3. The van der Waals surface area contributed by atoms with Gasteiger partial charge in [-0.25, -0.2) is 0 Å². The van der Waals surface area contributed by atoms with Crippen LogP contribution in [0.5, 0.6) is 0 Å². The van der Waals surface area contributed by atoms with E-state index in [9.17, 15) is 19.8 Å². The van der Waals surface area contributed by atoms with Gasteiger partial charge in [-0.2, -0.15) is 0 Å². The highest BCUT2D eigenvalue weighted by Crippen LogP contribution is 2.16. The van der Waals surface area contributed by atoms with E-state index in [1.807, 2.05) is 0 Å². The van der Waals surface area contributed by atoms with Crippen LogP contribution in [-0.4, -0.2) is 46.9 Å². The lowest BCUT2D eigenvalue weighted by molar-refractivity contribution is -0.151. The van der Waals surface area contributed by atoms with Crippen LogP contribution in [0.2, 0.25) is 0 Å². The highest BCUT2D eigenvalue weighted by molar-refractivity contribution is 5.77. The van der Waals surface area contributed by atoms with Gasteiger partial charge in [-0.05, 0) is 83.5 Å². The molecule has 0 aromatic carbocycles. The molecule has 0 aliphatic rings. The van der Waals surface area contributed by atoms with E-state index >= 15 is 0 Å². The van der Waals surface area contributed by atoms with Crippen LogP contribution >= 0.6 is 0 Å². The summed E-state index contributed by atoms with van der Waals surface area (Å²) in [5.74, 6) is -0.573. The molecule has 0 aromatic rings. The number of amides is 1. The fraction of sp³-hybridized carbons (Fsp3) is 0.702. The van der Waals surface area contributed by atoms with Crippen LogP contribution in [0.15, 0.2) is 72.9 Å². The summed E-state index contributed by atoms with van der Waals surface area (Å²) in [6, 6.07) is -0.716. The Labute approximate surface area is 326 Å². The van der Waals surface area contributed by atoms with Gasteiger partial charge in [0.1, 0.15) is 6.10 Å². The van der Waals surface area contributed by atoms with Gasteiger partial charge in [0, 0.05) is 6.42 Å². The molecular formula is C47H81NO5. The Bertz CT molecular complexity index is 1010. The van der Waals surface area contributed by atoms with Crippen LogP contribution in [0, 0.1) is 0 Å². The van der Waals surface area contributed by atoms with Gasteiger partial charge in [0.15, 0.2) is 0 Å². The van der Waals surface area contributed by atoms with E-state index in [1.165, 1.54) is 38.5 Å². The van der Waals surface area contributed by atoms with Crippen molar-refractivity contribution in [1.29, 1.82) is 0 Å². The number of ether oxygens (including phenoxy) is 1. The van der Waals surface area contributed by atoms with Crippen molar-refractivity contribution in [1.82, 2.24) is 5.32 Å². The lowest BCUT2D eigenvalue weighted by atomic mass is 10.0. The first-order valence-electron chi connectivity index (χ1n) is 21.7. The van der Waals surface area contributed by atoms with E-state index in [2.05, 4.69) is 99.0 Å². The van der Waals surface area contributed by atoms with E-state index in [-0.39, 0.29) is 24.9 Å². The van der Waals surface area contributed by atoms with Gasteiger partial charge in [-0.1, -0.05) is 164 Å². The average molecular weight is 740 g/mol. The highest BCUT2D eigenvalue weighted by Gasteiger charge is 2.24. The number of nitrogens with one attached hydrogen (secondary N) is 1.